The number of aliphatic imine (C=N–C) groups is 1. The Balaban J connectivity index is 0.00000625. The zero-order valence-electron chi connectivity index (χ0n) is 16.3. The van der Waals surface area contributed by atoms with Crippen LogP contribution in [0.2, 0.25) is 0 Å². The highest BCUT2D eigenvalue weighted by Gasteiger charge is 2.17. The number of aryl methyl sites for hydroxylation is 2. The summed E-state index contributed by atoms with van der Waals surface area (Å²) >= 11 is 1.71. The van der Waals surface area contributed by atoms with Crippen LogP contribution in [0, 0.1) is 13.8 Å². The number of aromatic nitrogens is 1. The van der Waals surface area contributed by atoms with Gasteiger partial charge in [-0.1, -0.05) is 13.8 Å². The molecule has 0 saturated carbocycles. The van der Waals surface area contributed by atoms with E-state index in [2.05, 4.69) is 27.5 Å². The molecule has 1 aromatic heterocycles. The van der Waals surface area contributed by atoms with Gasteiger partial charge in [0.25, 0.3) is 0 Å². The second-order valence-electron chi connectivity index (χ2n) is 5.59. The van der Waals surface area contributed by atoms with E-state index < -0.39 is 10.0 Å². The number of thiazole rings is 1. The number of hydrogen-bond acceptors (Lipinski definition) is 5. The van der Waals surface area contributed by atoms with Crippen LogP contribution in [0.3, 0.4) is 0 Å². The average molecular weight is 518 g/mol. The molecule has 0 aliphatic carbocycles. The van der Waals surface area contributed by atoms with Crippen molar-refractivity contribution in [2.24, 2.45) is 4.99 Å². The number of halogens is 1. The Morgan fingerprint density at radius 1 is 1.19 bits per heavy atom. The largest absolute Gasteiger partial charge is 0.357 e. The molecule has 0 atom stereocenters. The van der Waals surface area contributed by atoms with Crippen molar-refractivity contribution >= 4 is 51.3 Å². The van der Waals surface area contributed by atoms with Gasteiger partial charge in [0, 0.05) is 37.5 Å². The lowest BCUT2D eigenvalue weighted by atomic mass is 10.4. The molecule has 0 radical (unpaired) electrons. The first-order chi connectivity index (χ1) is 11.8. The number of guanidine groups is 1. The SMILES string of the molecule is CCNC(=NCCS(=O)(=O)N(CC)CC)NCCc1nc(C)c(C)s1.I. The number of sulfonamides is 1. The lowest BCUT2D eigenvalue weighted by Gasteiger charge is -2.17. The molecular weight excluding hydrogens is 485 g/mol. The van der Waals surface area contributed by atoms with Gasteiger partial charge < -0.3 is 10.6 Å². The molecule has 26 heavy (non-hydrogen) atoms. The van der Waals surface area contributed by atoms with Gasteiger partial charge in [-0.25, -0.2) is 17.7 Å². The third-order valence-electron chi connectivity index (χ3n) is 3.77. The maximum atomic E-state index is 12.2. The van der Waals surface area contributed by atoms with Crippen molar-refractivity contribution in [3.8, 4) is 0 Å². The molecule has 0 aromatic carbocycles. The third kappa shape index (κ3) is 8.49. The van der Waals surface area contributed by atoms with Gasteiger partial charge in [-0.3, -0.25) is 4.99 Å². The Bertz CT molecular complexity index is 638. The first-order valence-electron chi connectivity index (χ1n) is 8.76. The molecule has 1 heterocycles. The Labute approximate surface area is 179 Å². The zero-order valence-corrected chi connectivity index (χ0v) is 20.3. The van der Waals surface area contributed by atoms with E-state index in [-0.39, 0.29) is 36.3 Å². The van der Waals surface area contributed by atoms with Gasteiger partial charge in [0.1, 0.15) is 0 Å². The summed E-state index contributed by atoms with van der Waals surface area (Å²) in [5, 5.41) is 7.48. The van der Waals surface area contributed by atoms with Crippen LogP contribution in [0.15, 0.2) is 4.99 Å². The summed E-state index contributed by atoms with van der Waals surface area (Å²) < 4.78 is 25.8. The normalized spacial score (nSPS) is 12.2. The lowest BCUT2D eigenvalue weighted by molar-refractivity contribution is 0.445. The Morgan fingerprint density at radius 2 is 1.85 bits per heavy atom. The van der Waals surface area contributed by atoms with E-state index in [0.29, 0.717) is 25.6 Å². The molecule has 1 aromatic rings. The van der Waals surface area contributed by atoms with Crippen molar-refractivity contribution in [2.45, 2.75) is 41.0 Å². The Hall–Kier alpha value is -0.460. The lowest BCUT2D eigenvalue weighted by Crippen LogP contribution is -2.39. The summed E-state index contributed by atoms with van der Waals surface area (Å²) in [6.07, 6.45) is 0.821. The van der Waals surface area contributed by atoms with Crippen LogP contribution in [0.1, 0.15) is 36.3 Å². The summed E-state index contributed by atoms with van der Waals surface area (Å²) in [6, 6.07) is 0. The molecule has 2 N–H and O–H groups in total. The summed E-state index contributed by atoms with van der Waals surface area (Å²) in [5.74, 6) is 0.665. The maximum Gasteiger partial charge on any atom is 0.215 e. The van der Waals surface area contributed by atoms with Crippen LogP contribution in [0.5, 0.6) is 0 Å². The van der Waals surface area contributed by atoms with Gasteiger partial charge in [0.15, 0.2) is 5.96 Å². The minimum absolute atomic E-state index is 0. The smallest absolute Gasteiger partial charge is 0.215 e. The van der Waals surface area contributed by atoms with Gasteiger partial charge in [0.05, 0.1) is 23.0 Å². The van der Waals surface area contributed by atoms with Crippen LogP contribution in [-0.4, -0.2) is 62.1 Å². The van der Waals surface area contributed by atoms with Gasteiger partial charge in [-0.2, -0.15) is 0 Å². The average Bonchev–Trinajstić information content (AvgIpc) is 2.86. The molecule has 152 valence electrons. The van der Waals surface area contributed by atoms with Gasteiger partial charge >= 0.3 is 0 Å². The molecule has 0 spiro atoms. The Morgan fingerprint density at radius 3 is 2.35 bits per heavy atom. The van der Waals surface area contributed by atoms with Crippen molar-refractivity contribution in [1.82, 2.24) is 19.9 Å². The monoisotopic (exact) mass is 517 g/mol. The highest BCUT2D eigenvalue weighted by atomic mass is 127. The minimum Gasteiger partial charge on any atom is -0.357 e. The van der Waals surface area contributed by atoms with Crippen LogP contribution < -0.4 is 10.6 Å². The van der Waals surface area contributed by atoms with E-state index in [9.17, 15) is 8.42 Å². The molecule has 0 fully saturated rings. The summed E-state index contributed by atoms with van der Waals surface area (Å²) in [5.41, 5.74) is 1.09. The molecule has 0 unspecified atom stereocenters. The van der Waals surface area contributed by atoms with E-state index in [1.807, 2.05) is 27.7 Å². The zero-order chi connectivity index (χ0) is 18.9. The minimum atomic E-state index is -3.24. The van der Waals surface area contributed by atoms with E-state index in [4.69, 9.17) is 0 Å². The van der Waals surface area contributed by atoms with Crippen molar-refractivity contribution in [2.75, 3.05) is 38.5 Å². The predicted octanol–water partition coefficient (Wildman–Crippen LogP) is 2.15. The molecule has 1 rings (SSSR count). The maximum absolute atomic E-state index is 12.2. The fraction of sp³-hybridized carbons (Fsp3) is 0.750. The van der Waals surface area contributed by atoms with E-state index in [1.54, 1.807) is 11.3 Å². The third-order valence-corrected chi connectivity index (χ3v) is 6.90. The summed E-state index contributed by atoms with van der Waals surface area (Å²) in [4.78, 5) is 10.1. The number of rotatable bonds is 10. The fourth-order valence-corrected chi connectivity index (χ4v) is 4.60. The van der Waals surface area contributed by atoms with Crippen LogP contribution in [0.4, 0.5) is 0 Å². The van der Waals surface area contributed by atoms with Crippen LogP contribution in [0.25, 0.3) is 0 Å². The van der Waals surface area contributed by atoms with E-state index in [0.717, 1.165) is 23.7 Å². The molecule has 0 aliphatic heterocycles. The van der Waals surface area contributed by atoms with Crippen molar-refractivity contribution in [3.05, 3.63) is 15.6 Å². The summed E-state index contributed by atoms with van der Waals surface area (Å²) in [6.45, 7) is 12.4. The first-order valence-corrected chi connectivity index (χ1v) is 11.2. The van der Waals surface area contributed by atoms with Crippen molar-refractivity contribution < 1.29 is 8.42 Å². The van der Waals surface area contributed by atoms with E-state index >= 15 is 0 Å². The first kappa shape index (κ1) is 25.5. The molecule has 0 bridgehead atoms. The van der Waals surface area contributed by atoms with Gasteiger partial charge in [0.2, 0.25) is 10.0 Å². The highest BCUT2D eigenvalue weighted by Crippen LogP contribution is 2.16. The topological polar surface area (TPSA) is 86.7 Å². The van der Waals surface area contributed by atoms with Crippen molar-refractivity contribution in [1.29, 1.82) is 0 Å². The second-order valence-corrected chi connectivity index (χ2v) is 8.96. The molecule has 7 nitrogen and oxygen atoms in total. The van der Waals surface area contributed by atoms with Crippen molar-refractivity contribution in [3.63, 3.8) is 0 Å². The predicted molar refractivity (Wildman–Crippen MR) is 121 cm³/mol. The standard InChI is InChI=1S/C16H31N5O2S2.HI/c1-6-17-16(18-10-9-15-20-13(4)14(5)24-15)19-11-12-25(22,23)21(7-2)8-3;/h6-12H2,1-5H3,(H2,17,18,19);1H. The van der Waals surface area contributed by atoms with E-state index in [1.165, 1.54) is 9.18 Å². The quantitative estimate of drug-likeness (QED) is 0.282. The fourth-order valence-electron chi connectivity index (χ4n) is 2.29. The number of nitrogens with zero attached hydrogens (tertiary/aromatic N) is 3. The molecule has 0 amide bonds. The highest BCUT2D eigenvalue weighted by molar-refractivity contribution is 14.0. The molecule has 0 aliphatic rings. The van der Waals surface area contributed by atoms with Crippen LogP contribution >= 0.6 is 35.3 Å². The molecule has 0 saturated heterocycles. The van der Waals surface area contributed by atoms with Crippen LogP contribution in [-0.2, 0) is 16.4 Å². The van der Waals surface area contributed by atoms with Gasteiger partial charge in [-0.15, -0.1) is 35.3 Å². The Kier molecular flexibility index (Phi) is 12.6. The summed E-state index contributed by atoms with van der Waals surface area (Å²) in [7, 11) is -3.24. The molecular formula is C16H32IN5O2S2. The second kappa shape index (κ2) is 12.8. The van der Waals surface area contributed by atoms with Gasteiger partial charge in [-0.05, 0) is 20.8 Å². The number of nitrogens with one attached hydrogen (secondary N) is 2. The molecule has 10 heteroatoms. The number of hydrogen-bond donors (Lipinski definition) is 2.